The van der Waals surface area contributed by atoms with Crippen molar-refractivity contribution in [2.45, 2.75) is 0 Å². The normalized spacial score (nSPS) is 11.4. The van der Waals surface area contributed by atoms with Gasteiger partial charge >= 0.3 is 0 Å². The van der Waals surface area contributed by atoms with Crippen molar-refractivity contribution in [3.8, 4) is 0 Å². The van der Waals surface area contributed by atoms with Crippen LogP contribution in [0.4, 0.5) is 23.3 Å². The van der Waals surface area contributed by atoms with Gasteiger partial charge in [-0.15, -0.1) is 0 Å². The third-order valence-electron chi connectivity index (χ3n) is 6.64. The van der Waals surface area contributed by atoms with E-state index in [0.717, 1.165) is 43.7 Å². The van der Waals surface area contributed by atoms with E-state index in [1.54, 1.807) is 0 Å². The van der Waals surface area contributed by atoms with Gasteiger partial charge in [0.1, 0.15) is 0 Å². The molecule has 0 bridgehead atoms. The van der Waals surface area contributed by atoms with E-state index in [0.29, 0.717) is 11.9 Å². The van der Waals surface area contributed by atoms with Crippen LogP contribution in [0.25, 0.3) is 43.1 Å². The van der Waals surface area contributed by atoms with E-state index in [2.05, 4.69) is 98.4 Å². The van der Waals surface area contributed by atoms with Gasteiger partial charge in [0.15, 0.2) is 0 Å². The van der Waals surface area contributed by atoms with Gasteiger partial charge in [-0.2, -0.15) is 15.0 Å². The summed E-state index contributed by atoms with van der Waals surface area (Å²) in [6, 6.07) is 37.5. The summed E-state index contributed by atoms with van der Waals surface area (Å²) in [6.45, 7) is 0. The highest BCUT2D eigenvalue weighted by Gasteiger charge is 2.12. The first-order chi connectivity index (χ1) is 18.2. The zero-order chi connectivity index (χ0) is 24.8. The molecular formula is C31H20ClN5. The van der Waals surface area contributed by atoms with Crippen LogP contribution in [0.15, 0.2) is 109 Å². The highest BCUT2D eigenvalue weighted by atomic mass is 35.5. The number of hydrogen-bond donors (Lipinski definition) is 2. The number of halogens is 1. The molecule has 0 saturated heterocycles. The summed E-state index contributed by atoms with van der Waals surface area (Å²) in [4.78, 5) is 13.4. The Morgan fingerprint density at radius 2 is 0.811 bits per heavy atom. The second-order valence-electron chi connectivity index (χ2n) is 8.88. The van der Waals surface area contributed by atoms with E-state index in [4.69, 9.17) is 11.6 Å². The van der Waals surface area contributed by atoms with Crippen LogP contribution in [-0.4, -0.2) is 15.0 Å². The van der Waals surface area contributed by atoms with Crippen LogP contribution in [0.3, 0.4) is 0 Å². The first kappa shape index (κ1) is 21.5. The predicted molar refractivity (Wildman–Crippen MR) is 154 cm³/mol. The smallest absolute Gasteiger partial charge is 0.233 e. The molecule has 2 N–H and O–H groups in total. The lowest BCUT2D eigenvalue weighted by atomic mass is 10.0. The standard InChI is InChI=1S/C31H20ClN5/c32-29-35-30(33-27-17-19-9-1-3-11-21(19)23-13-5-7-15-25(23)27)37-31(36-29)34-28-18-20-10-2-4-12-22(20)24-14-6-8-16-26(24)28/h1-18H,(H2,33,34,35,36,37). The van der Waals surface area contributed by atoms with Gasteiger partial charge in [-0.25, -0.2) is 0 Å². The highest BCUT2D eigenvalue weighted by molar-refractivity contribution is 6.28. The van der Waals surface area contributed by atoms with Gasteiger partial charge in [-0.3, -0.25) is 0 Å². The second kappa shape index (κ2) is 8.73. The fourth-order valence-electron chi connectivity index (χ4n) is 5.02. The second-order valence-corrected chi connectivity index (χ2v) is 9.22. The largest absolute Gasteiger partial charge is 0.323 e. The van der Waals surface area contributed by atoms with E-state index in [1.165, 1.54) is 10.8 Å². The van der Waals surface area contributed by atoms with Crippen LogP contribution >= 0.6 is 11.6 Å². The average Bonchev–Trinajstić information content (AvgIpc) is 2.93. The SMILES string of the molecule is Clc1nc(Nc2cc3ccccc3c3ccccc23)nc(Nc2cc3ccccc3c3ccccc23)n1. The number of nitrogens with one attached hydrogen (secondary N) is 2. The minimum atomic E-state index is 0.107. The molecule has 7 aromatic rings. The molecule has 5 nitrogen and oxygen atoms in total. The molecule has 0 spiro atoms. The molecule has 6 heteroatoms. The Hall–Kier alpha value is -4.74. The lowest BCUT2D eigenvalue weighted by molar-refractivity contribution is 1.06. The van der Waals surface area contributed by atoms with Crippen LogP contribution in [0.5, 0.6) is 0 Å². The molecule has 176 valence electrons. The maximum Gasteiger partial charge on any atom is 0.233 e. The molecule has 0 atom stereocenters. The monoisotopic (exact) mass is 497 g/mol. The molecule has 7 rings (SSSR count). The maximum atomic E-state index is 6.37. The Kier molecular flexibility index (Phi) is 5.08. The van der Waals surface area contributed by atoms with Gasteiger partial charge in [0.2, 0.25) is 17.2 Å². The molecule has 0 amide bonds. The molecule has 1 heterocycles. The summed E-state index contributed by atoms with van der Waals surface area (Å²) >= 11 is 6.37. The third kappa shape index (κ3) is 3.86. The van der Waals surface area contributed by atoms with Gasteiger partial charge in [0, 0.05) is 22.1 Å². The van der Waals surface area contributed by atoms with E-state index in [1.807, 2.05) is 36.4 Å². The molecular weight excluding hydrogens is 478 g/mol. The summed E-state index contributed by atoms with van der Waals surface area (Å²) in [5.41, 5.74) is 1.80. The van der Waals surface area contributed by atoms with Crippen molar-refractivity contribution in [2.24, 2.45) is 0 Å². The van der Waals surface area contributed by atoms with Gasteiger partial charge in [0.25, 0.3) is 0 Å². The Labute approximate surface area is 217 Å². The van der Waals surface area contributed by atoms with Gasteiger partial charge in [-0.1, -0.05) is 97.1 Å². The maximum absolute atomic E-state index is 6.37. The molecule has 0 radical (unpaired) electrons. The minimum Gasteiger partial charge on any atom is -0.323 e. The predicted octanol–water partition coefficient (Wildman–Crippen LogP) is 8.62. The van der Waals surface area contributed by atoms with E-state index in [9.17, 15) is 0 Å². The third-order valence-corrected chi connectivity index (χ3v) is 6.81. The van der Waals surface area contributed by atoms with E-state index in [-0.39, 0.29) is 5.28 Å². The molecule has 0 aliphatic heterocycles. The number of aromatic nitrogens is 3. The number of rotatable bonds is 4. The number of fused-ring (bicyclic) bond motifs is 6. The summed E-state index contributed by atoms with van der Waals surface area (Å²) in [6.07, 6.45) is 0. The van der Waals surface area contributed by atoms with Crippen LogP contribution in [0.2, 0.25) is 5.28 Å². The Morgan fingerprint density at radius 1 is 0.432 bits per heavy atom. The Morgan fingerprint density at radius 3 is 1.27 bits per heavy atom. The number of hydrogen-bond acceptors (Lipinski definition) is 5. The summed E-state index contributed by atoms with van der Waals surface area (Å²) in [5, 5.41) is 16.0. The van der Waals surface area contributed by atoms with Gasteiger partial charge in [0.05, 0.1) is 0 Å². The molecule has 0 aliphatic carbocycles. The van der Waals surface area contributed by atoms with Gasteiger partial charge in [-0.05, 0) is 56.1 Å². The lowest BCUT2D eigenvalue weighted by Gasteiger charge is -2.14. The van der Waals surface area contributed by atoms with Crippen molar-refractivity contribution in [1.82, 2.24) is 15.0 Å². The van der Waals surface area contributed by atoms with Crippen molar-refractivity contribution in [3.63, 3.8) is 0 Å². The van der Waals surface area contributed by atoms with Crippen molar-refractivity contribution in [3.05, 3.63) is 114 Å². The van der Waals surface area contributed by atoms with Gasteiger partial charge < -0.3 is 10.6 Å². The fourth-order valence-corrected chi connectivity index (χ4v) is 5.18. The molecule has 0 fully saturated rings. The number of benzene rings is 6. The van der Waals surface area contributed by atoms with E-state index >= 15 is 0 Å². The molecule has 0 saturated carbocycles. The molecule has 37 heavy (non-hydrogen) atoms. The highest BCUT2D eigenvalue weighted by Crippen LogP contribution is 2.35. The molecule has 6 aromatic carbocycles. The summed E-state index contributed by atoms with van der Waals surface area (Å²) in [7, 11) is 0. The van der Waals surface area contributed by atoms with Crippen LogP contribution < -0.4 is 10.6 Å². The lowest BCUT2D eigenvalue weighted by Crippen LogP contribution is -2.04. The molecule has 0 unspecified atom stereocenters. The van der Waals surface area contributed by atoms with Crippen molar-refractivity contribution < 1.29 is 0 Å². The van der Waals surface area contributed by atoms with E-state index < -0.39 is 0 Å². The quantitative estimate of drug-likeness (QED) is 0.238. The van der Waals surface area contributed by atoms with Crippen LogP contribution in [-0.2, 0) is 0 Å². The average molecular weight is 498 g/mol. The zero-order valence-electron chi connectivity index (χ0n) is 19.6. The molecule has 0 aliphatic rings. The van der Waals surface area contributed by atoms with Crippen molar-refractivity contribution in [1.29, 1.82) is 0 Å². The summed E-state index contributed by atoms with van der Waals surface area (Å²) < 4.78 is 0. The van der Waals surface area contributed by atoms with Crippen molar-refractivity contribution >= 4 is 78.0 Å². The first-order valence-electron chi connectivity index (χ1n) is 12.0. The Balaban J connectivity index is 1.31. The van der Waals surface area contributed by atoms with Crippen molar-refractivity contribution in [2.75, 3.05) is 10.6 Å². The zero-order valence-corrected chi connectivity index (χ0v) is 20.4. The fraction of sp³-hybridized carbons (Fsp3) is 0. The first-order valence-corrected chi connectivity index (χ1v) is 12.4. The van der Waals surface area contributed by atoms with Crippen LogP contribution in [0.1, 0.15) is 0 Å². The molecule has 1 aromatic heterocycles. The van der Waals surface area contributed by atoms with Crippen LogP contribution in [0, 0.1) is 0 Å². The number of nitrogens with zero attached hydrogens (tertiary/aromatic N) is 3. The number of anilines is 4. The minimum absolute atomic E-state index is 0.107. The summed E-state index contributed by atoms with van der Waals surface area (Å²) in [5.74, 6) is 0.737. The topological polar surface area (TPSA) is 62.7 Å². The Bertz CT molecular complexity index is 1830.